The molecule has 0 unspecified atom stereocenters. The Hall–Kier alpha value is -3.29. The van der Waals surface area contributed by atoms with Crippen LogP contribution in [-0.2, 0) is 11.3 Å². The van der Waals surface area contributed by atoms with E-state index in [-0.39, 0.29) is 29.5 Å². The van der Waals surface area contributed by atoms with Gasteiger partial charge in [0.1, 0.15) is 0 Å². The normalized spacial score (nSPS) is 10.2. The zero-order valence-corrected chi connectivity index (χ0v) is 13.1. The van der Waals surface area contributed by atoms with Crippen LogP contribution in [0.4, 0.5) is 11.4 Å². The molecule has 0 saturated heterocycles. The molecule has 0 aliphatic rings. The molecule has 1 aromatic heterocycles. The second-order valence-corrected chi connectivity index (χ2v) is 5.25. The van der Waals surface area contributed by atoms with E-state index in [4.69, 9.17) is 0 Å². The first kappa shape index (κ1) is 17.1. The molecular weight excluding hydrogens is 314 g/mol. The number of carbonyl (C=O) groups is 2. The van der Waals surface area contributed by atoms with Crippen molar-refractivity contribution in [3.8, 4) is 0 Å². The van der Waals surface area contributed by atoms with Gasteiger partial charge in [0.15, 0.2) is 5.78 Å². The highest BCUT2D eigenvalue weighted by atomic mass is 16.6. The van der Waals surface area contributed by atoms with E-state index in [1.165, 1.54) is 32.0 Å². The lowest BCUT2D eigenvalue weighted by Crippen LogP contribution is -2.25. The van der Waals surface area contributed by atoms with Crippen LogP contribution in [0.2, 0.25) is 0 Å². The second kappa shape index (κ2) is 6.86. The van der Waals surface area contributed by atoms with Gasteiger partial charge in [0, 0.05) is 29.8 Å². The number of ketones is 1. The summed E-state index contributed by atoms with van der Waals surface area (Å²) >= 11 is 0. The van der Waals surface area contributed by atoms with E-state index < -0.39 is 10.5 Å². The molecule has 0 aliphatic carbocycles. The Kier molecular flexibility index (Phi) is 4.88. The van der Waals surface area contributed by atoms with Crippen LogP contribution in [0, 0.1) is 17.0 Å². The number of aromatic nitrogens is 1. The number of pyridine rings is 1. The van der Waals surface area contributed by atoms with Gasteiger partial charge in [-0.05, 0) is 31.2 Å². The van der Waals surface area contributed by atoms with Crippen LogP contribution >= 0.6 is 0 Å². The summed E-state index contributed by atoms with van der Waals surface area (Å²) in [4.78, 5) is 45.5. The van der Waals surface area contributed by atoms with Gasteiger partial charge in [-0.1, -0.05) is 0 Å². The van der Waals surface area contributed by atoms with Gasteiger partial charge in [-0.25, -0.2) is 0 Å². The maximum Gasteiger partial charge on any atom is 0.286 e. The van der Waals surface area contributed by atoms with Crippen molar-refractivity contribution in [2.24, 2.45) is 0 Å². The van der Waals surface area contributed by atoms with E-state index in [1.807, 2.05) is 0 Å². The van der Waals surface area contributed by atoms with Crippen molar-refractivity contribution in [3.05, 3.63) is 68.1 Å². The quantitative estimate of drug-likeness (QED) is 0.511. The monoisotopic (exact) mass is 329 g/mol. The van der Waals surface area contributed by atoms with Crippen LogP contribution in [0.5, 0.6) is 0 Å². The third-order valence-corrected chi connectivity index (χ3v) is 3.30. The van der Waals surface area contributed by atoms with E-state index in [0.717, 1.165) is 10.8 Å². The molecule has 0 saturated carbocycles. The van der Waals surface area contributed by atoms with E-state index >= 15 is 0 Å². The highest BCUT2D eigenvalue weighted by molar-refractivity contribution is 5.97. The lowest BCUT2D eigenvalue weighted by atomic mass is 10.1. The highest BCUT2D eigenvalue weighted by Gasteiger charge is 2.14. The molecule has 0 radical (unpaired) electrons. The largest absolute Gasteiger partial charge is 0.326 e. The molecule has 1 aromatic carbocycles. The first-order valence-corrected chi connectivity index (χ1v) is 7.04. The predicted molar refractivity (Wildman–Crippen MR) is 87.2 cm³/mol. The van der Waals surface area contributed by atoms with Crippen LogP contribution < -0.4 is 10.9 Å². The fraction of sp³-hybridized carbons (Fsp3) is 0.188. The summed E-state index contributed by atoms with van der Waals surface area (Å²) in [5.41, 5.74) is 0.366. The average molecular weight is 329 g/mol. The Balaban J connectivity index is 2.25. The number of hydrogen-bond acceptors (Lipinski definition) is 5. The average Bonchev–Trinajstić information content (AvgIpc) is 2.51. The number of carbonyl (C=O) groups excluding carboxylic acids is 2. The van der Waals surface area contributed by atoms with Gasteiger partial charge in [-0.2, -0.15) is 0 Å². The van der Waals surface area contributed by atoms with Crippen molar-refractivity contribution >= 4 is 23.1 Å². The molecule has 0 fully saturated rings. The van der Waals surface area contributed by atoms with E-state index in [0.29, 0.717) is 11.3 Å². The highest BCUT2D eigenvalue weighted by Crippen LogP contribution is 2.13. The first-order valence-electron chi connectivity index (χ1n) is 7.04. The predicted octanol–water partition coefficient (Wildman–Crippen LogP) is 1.91. The fourth-order valence-corrected chi connectivity index (χ4v) is 2.17. The van der Waals surface area contributed by atoms with Gasteiger partial charge in [0.05, 0.1) is 17.7 Å². The number of aryl methyl sites for hydroxylation is 1. The molecule has 8 heteroatoms. The Morgan fingerprint density at radius 1 is 1.25 bits per heavy atom. The Morgan fingerprint density at radius 3 is 2.42 bits per heavy atom. The van der Waals surface area contributed by atoms with Gasteiger partial charge in [0.2, 0.25) is 5.91 Å². The van der Waals surface area contributed by atoms with Gasteiger partial charge < -0.3 is 9.88 Å². The smallest absolute Gasteiger partial charge is 0.286 e. The minimum atomic E-state index is -0.615. The number of nitrogens with zero attached hydrogens (tertiary/aromatic N) is 2. The molecule has 24 heavy (non-hydrogen) atoms. The van der Waals surface area contributed by atoms with Gasteiger partial charge in [-0.3, -0.25) is 24.5 Å². The number of amides is 1. The Morgan fingerprint density at radius 2 is 1.88 bits per heavy atom. The van der Waals surface area contributed by atoms with E-state index in [1.54, 1.807) is 12.1 Å². The minimum Gasteiger partial charge on any atom is -0.326 e. The zero-order chi connectivity index (χ0) is 17.9. The van der Waals surface area contributed by atoms with E-state index in [9.17, 15) is 24.5 Å². The maximum atomic E-state index is 12.3. The third-order valence-electron chi connectivity index (χ3n) is 3.30. The minimum absolute atomic E-state index is 0.193. The van der Waals surface area contributed by atoms with Crippen LogP contribution in [0.3, 0.4) is 0 Å². The number of hydrogen-bond donors (Lipinski definition) is 1. The zero-order valence-electron chi connectivity index (χ0n) is 13.1. The molecule has 1 amide bonds. The van der Waals surface area contributed by atoms with Gasteiger partial charge >= 0.3 is 0 Å². The molecule has 1 N–H and O–H groups in total. The number of anilines is 1. The van der Waals surface area contributed by atoms with Crippen molar-refractivity contribution in [3.63, 3.8) is 0 Å². The summed E-state index contributed by atoms with van der Waals surface area (Å²) in [6, 6.07) is 7.34. The molecule has 124 valence electrons. The number of nitrogens with one attached hydrogen (secondary N) is 1. The van der Waals surface area contributed by atoms with E-state index in [2.05, 4.69) is 5.32 Å². The summed E-state index contributed by atoms with van der Waals surface area (Å²) < 4.78 is 1.03. The molecule has 0 bridgehead atoms. The number of rotatable bonds is 5. The number of benzene rings is 1. The molecule has 0 spiro atoms. The summed E-state index contributed by atoms with van der Waals surface area (Å²) in [7, 11) is 0. The van der Waals surface area contributed by atoms with Crippen molar-refractivity contribution in [1.82, 2.24) is 4.57 Å². The Bertz CT molecular complexity index is 868. The van der Waals surface area contributed by atoms with Crippen molar-refractivity contribution in [2.75, 3.05) is 5.32 Å². The van der Waals surface area contributed by atoms with Gasteiger partial charge in [0.25, 0.3) is 11.2 Å². The second-order valence-electron chi connectivity index (χ2n) is 5.25. The maximum absolute atomic E-state index is 12.3. The number of nitro groups is 1. The first-order chi connectivity index (χ1) is 11.3. The Labute approximate surface area is 136 Å². The standard InChI is InChI=1S/C16H15N3O5/c1-10-7-14(19(23)24)8-18(16(10)22)9-15(21)12-3-5-13(6-4-12)17-11(2)20/h3-8H,9H2,1-2H3,(H,17,20). The fourth-order valence-electron chi connectivity index (χ4n) is 2.17. The van der Waals surface area contributed by atoms with Crippen LogP contribution in [-0.4, -0.2) is 21.2 Å². The summed E-state index contributed by atoms with van der Waals surface area (Å²) in [6.45, 7) is 2.52. The molecule has 2 aromatic rings. The summed E-state index contributed by atoms with van der Waals surface area (Å²) in [5, 5.41) is 13.4. The number of Topliss-reactive ketones (excluding diaryl/α,β-unsaturated/α-hetero) is 1. The lowest BCUT2D eigenvalue weighted by Gasteiger charge is -2.07. The SMILES string of the molecule is CC(=O)Nc1ccc(C(=O)Cn2cc([N+](=O)[O-])cc(C)c2=O)cc1. The van der Waals surface area contributed by atoms with Crippen LogP contribution in [0.1, 0.15) is 22.8 Å². The molecule has 2 rings (SSSR count). The summed E-state index contributed by atoms with van der Waals surface area (Å²) in [6.07, 6.45) is 1.05. The van der Waals surface area contributed by atoms with Crippen molar-refractivity contribution in [1.29, 1.82) is 0 Å². The molecule has 8 nitrogen and oxygen atoms in total. The van der Waals surface area contributed by atoms with Crippen LogP contribution in [0.25, 0.3) is 0 Å². The molecule has 1 heterocycles. The molecular formula is C16H15N3O5. The van der Waals surface area contributed by atoms with Crippen molar-refractivity contribution < 1.29 is 14.5 Å². The van der Waals surface area contributed by atoms with Crippen LogP contribution in [0.15, 0.2) is 41.3 Å². The lowest BCUT2D eigenvalue weighted by molar-refractivity contribution is -0.385. The van der Waals surface area contributed by atoms with Gasteiger partial charge in [-0.15, -0.1) is 0 Å². The molecule has 0 aliphatic heterocycles. The topological polar surface area (TPSA) is 111 Å². The molecule has 0 atom stereocenters. The summed E-state index contributed by atoms with van der Waals surface area (Å²) in [5.74, 6) is -0.598. The third kappa shape index (κ3) is 3.92. The van der Waals surface area contributed by atoms with Crippen molar-refractivity contribution in [2.45, 2.75) is 20.4 Å².